The maximum atomic E-state index is 12.3. The number of rotatable bonds is 4. The van der Waals surface area contributed by atoms with E-state index in [1.165, 1.54) is 0 Å². The fourth-order valence-corrected chi connectivity index (χ4v) is 4.91. The molecule has 0 saturated carbocycles. The number of nitrogens with two attached hydrogens (primary N) is 1. The Labute approximate surface area is 188 Å². The third-order valence-corrected chi connectivity index (χ3v) is 6.72. The van der Waals surface area contributed by atoms with E-state index in [4.69, 9.17) is 28.9 Å². The quantitative estimate of drug-likeness (QED) is 0.665. The first kappa shape index (κ1) is 20.6. The van der Waals surface area contributed by atoms with E-state index in [2.05, 4.69) is 49.1 Å². The zero-order chi connectivity index (χ0) is 20.7. The standard InChI is InChI=1S/C20H22BrCl2N5O/c1-26-6-8-27(9-7-26)17-5-4-16-18(23)19(13(20(24)29)11-28(16)17)25-15-3-2-12(21)10-14(15)22/h2-3,5,10-11,16,25H,4,6-9H2,1H3,(H2,24,29)/t16-/m1/s1. The second kappa shape index (κ2) is 8.22. The Morgan fingerprint density at radius 3 is 2.62 bits per heavy atom. The van der Waals surface area contributed by atoms with Gasteiger partial charge in [0.25, 0.3) is 5.91 Å². The minimum absolute atomic E-state index is 0.0638. The molecule has 0 radical (unpaired) electrons. The number of fused-ring (bicyclic) bond motifs is 1. The van der Waals surface area contributed by atoms with Gasteiger partial charge in [-0.15, -0.1) is 0 Å². The lowest BCUT2D eigenvalue weighted by Crippen LogP contribution is -2.47. The molecule has 0 bridgehead atoms. The lowest BCUT2D eigenvalue weighted by Gasteiger charge is -2.40. The van der Waals surface area contributed by atoms with Crippen LogP contribution in [0.2, 0.25) is 5.02 Å². The summed E-state index contributed by atoms with van der Waals surface area (Å²) in [5.41, 5.74) is 7.23. The Kier molecular flexibility index (Phi) is 5.84. The van der Waals surface area contributed by atoms with E-state index >= 15 is 0 Å². The highest BCUT2D eigenvalue weighted by Crippen LogP contribution is 2.40. The van der Waals surface area contributed by atoms with Crippen LogP contribution in [0.25, 0.3) is 0 Å². The van der Waals surface area contributed by atoms with Gasteiger partial charge in [-0.25, -0.2) is 0 Å². The number of nitrogens with zero attached hydrogens (tertiary/aromatic N) is 3. The molecule has 3 heterocycles. The van der Waals surface area contributed by atoms with E-state index in [9.17, 15) is 4.79 Å². The summed E-state index contributed by atoms with van der Waals surface area (Å²) in [5, 5.41) is 4.30. The Bertz CT molecular complexity index is 937. The molecular formula is C20H22BrCl2N5O. The number of likely N-dealkylation sites (N-methyl/N-ethyl adjacent to an activating group) is 1. The number of halogens is 3. The molecule has 0 unspecified atom stereocenters. The van der Waals surface area contributed by atoms with Crippen LogP contribution in [0.1, 0.15) is 6.42 Å². The largest absolute Gasteiger partial charge is 0.365 e. The number of carbonyl (C=O) groups excluding carboxylic acids is 1. The van der Waals surface area contributed by atoms with Gasteiger partial charge in [0.15, 0.2) is 0 Å². The molecule has 1 saturated heterocycles. The van der Waals surface area contributed by atoms with Crippen molar-refractivity contribution in [3.05, 3.63) is 62.1 Å². The SMILES string of the molecule is CN1CCN(C2=CC[C@@H]3C(Cl)=C(Nc4ccc(Br)cc4Cl)C(C(N)=O)=CN23)CC1. The van der Waals surface area contributed by atoms with Crippen LogP contribution >= 0.6 is 39.1 Å². The van der Waals surface area contributed by atoms with E-state index in [1.807, 2.05) is 18.3 Å². The van der Waals surface area contributed by atoms with Gasteiger partial charge in [-0.3, -0.25) is 4.79 Å². The smallest absolute Gasteiger partial charge is 0.252 e. The number of piperazine rings is 1. The number of anilines is 1. The summed E-state index contributed by atoms with van der Waals surface area (Å²) in [6.07, 6.45) is 4.76. The second-order valence-electron chi connectivity index (χ2n) is 7.39. The molecule has 3 aliphatic rings. The minimum atomic E-state index is -0.540. The monoisotopic (exact) mass is 497 g/mol. The first-order chi connectivity index (χ1) is 13.8. The van der Waals surface area contributed by atoms with Gasteiger partial charge in [0.1, 0.15) is 5.82 Å². The molecule has 3 N–H and O–H groups in total. The third-order valence-electron chi connectivity index (χ3n) is 5.48. The van der Waals surface area contributed by atoms with Crippen LogP contribution in [0.3, 0.4) is 0 Å². The van der Waals surface area contributed by atoms with Gasteiger partial charge in [-0.1, -0.05) is 39.1 Å². The highest BCUT2D eigenvalue weighted by molar-refractivity contribution is 9.10. The summed E-state index contributed by atoms with van der Waals surface area (Å²) in [5.74, 6) is 0.544. The average molecular weight is 499 g/mol. The van der Waals surface area contributed by atoms with Crippen molar-refractivity contribution in [1.29, 1.82) is 0 Å². The fraction of sp³-hybridized carbons (Fsp3) is 0.350. The van der Waals surface area contributed by atoms with E-state index in [0.29, 0.717) is 27.0 Å². The minimum Gasteiger partial charge on any atom is -0.365 e. The predicted molar refractivity (Wildman–Crippen MR) is 120 cm³/mol. The van der Waals surface area contributed by atoms with Crippen molar-refractivity contribution in [2.45, 2.75) is 12.5 Å². The van der Waals surface area contributed by atoms with E-state index in [-0.39, 0.29) is 6.04 Å². The summed E-state index contributed by atoms with van der Waals surface area (Å²) >= 11 is 16.5. The first-order valence-corrected chi connectivity index (χ1v) is 11.0. The molecule has 1 aromatic rings. The van der Waals surface area contributed by atoms with Crippen molar-refractivity contribution in [3.63, 3.8) is 0 Å². The van der Waals surface area contributed by atoms with Crippen LogP contribution in [-0.4, -0.2) is 59.9 Å². The van der Waals surface area contributed by atoms with Crippen molar-refractivity contribution in [1.82, 2.24) is 14.7 Å². The summed E-state index contributed by atoms with van der Waals surface area (Å²) in [6, 6.07) is 5.42. The maximum Gasteiger partial charge on any atom is 0.252 e. The van der Waals surface area contributed by atoms with Crippen molar-refractivity contribution < 1.29 is 4.79 Å². The van der Waals surface area contributed by atoms with Crippen molar-refractivity contribution in [2.75, 3.05) is 38.5 Å². The summed E-state index contributed by atoms with van der Waals surface area (Å²) in [7, 11) is 2.12. The van der Waals surface area contributed by atoms with Crippen LogP contribution in [0.4, 0.5) is 5.69 Å². The number of amides is 1. The Morgan fingerprint density at radius 1 is 1.24 bits per heavy atom. The number of benzene rings is 1. The molecule has 154 valence electrons. The molecular weight excluding hydrogens is 477 g/mol. The van der Waals surface area contributed by atoms with Crippen LogP contribution in [-0.2, 0) is 4.79 Å². The van der Waals surface area contributed by atoms with Gasteiger partial charge < -0.3 is 25.8 Å². The van der Waals surface area contributed by atoms with Crippen molar-refractivity contribution >= 4 is 50.7 Å². The topological polar surface area (TPSA) is 64.8 Å². The van der Waals surface area contributed by atoms with Crippen LogP contribution < -0.4 is 11.1 Å². The Balaban J connectivity index is 1.64. The molecule has 1 amide bonds. The molecule has 1 aromatic carbocycles. The molecule has 9 heteroatoms. The van der Waals surface area contributed by atoms with Crippen LogP contribution in [0, 0.1) is 0 Å². The van der Waals surface area contributed by atoms with Crippen molar-refractivity contribution in [2.24, 2.45) is 5.73 Å². The Hall–Kier alpha value is -1.67. The van der Waals surface area contributed by atoms with Gasteiger partial charge in [0.2, 0.25) is 0 Å². The zero-order valence-corrected chi connectivity index (χ0v) is 19.1. The lowest BCUT2D eigenvalue weighted by molar-refractivity contribution is -0.114. The molecule has 0 spiro atoms. The van der Waals surface area contributed by atoms with Crippen LogP contribution in [0.5, 0.6) is 0 Å². The van der Waals surface area contributed by atoms with E-state index in [0.717, 1.165) is 42.9 Å². The predicted octanol–water partition coefficient (Wildman–Crippen LogP) is 3.51. The first-order valence-electron chi connectivity index (χ1n) is 9.41. The number of hydrogen-bond acceptors (Lipinski definition) is 5. The highest BCUT2D eigenvalue weighted by Gasteiger charge is 2.37. The zero-order valence-electron chi connectivity index (χ0n) is 16.0. The molecule has 1 atom stereocenters. The lowest BCUT2D eigenvalue weighted by atomic mass is 10.0. The molecule has 6 nitrogen and oxygen atoms in total. The summed E-state index contributed by atoms with van der Waals surface area (Å²) < 4.78 is 0.866. The number of primary amides is 1. The molecule has 1 fully saturated rings. The molecule has 0 aliphatic carbocycles. The van der Waals surface area contributed by atoms with Gasteiger partial charge in [-0.05, 0) is 37.7 Å². The van der Waals surface area contributed by atoms with Gasteiger partial charge in [0, 0.05) is 36.9 Å². The van der Waals surface area contributed by atoms with Gasteiger partial charge >= 0.3 is 0 Å². The molecule has 29 heavy (non-hydrogen) atoms. The third kappa shape index (κ3) is 4.01. The van der Waals surface area contributed by atoms with E-state index in [1.54, 1.807) is 6.07 Å². The molecule has 0 aromatic heterocycles. The normalized spacial score (nSPS) is 22.4. The number of hydrogen-bond donors (Lipinski definition) is 2. The van der Waals surface area contributed by atoms with Crippen LogP contribution in [0.15, 0.2) is 57.1 Å². The number of carbonyl (C=O) groups is 1. The van der Waals surface area contributed by atoms with Gasteiger partial charge in [0.05, 0.1) is 33.1 Å². The second-order valence-corrected chi connectivity index (χ2v) is 9.12. The molecule has 4 rings (SSSR count). The molecule has 3 aliphatic heterocycles. The fourth-order valence-electron chi connectivity index (χ4n) is 3.84. The average Bonchev–Trinajstić information content (AvgIpc) is 3.10. The summed E-state index contributed by atoms with van der Waals surface area (Å²) in [4.78, 5) is 19.0. The highest BCUT2D eigenvalue weighted by atomic mass is 79.9. The van der Waals surface area contributed by atoms with E-state index < -0.39 is 5.91 Å². The maximum absolute atomic E-state index is 12.3. The van der Waals surface area contributed by atoms with Crippen molar-refractivity contribution in [3.8, 4) is 0 Å². The van der Waals surface area contributed by atoms with Gasteiger partial charge in [-0.2, -0.15) is 0 Å². The number of nitrogens with one attached hydrogen (secondary N) is 1. The Morgan fingerprint density at radius 2 is 1.97 bits per heavy atom. The summed E-state index contributed by atoms with van der Waals surface area (Å²) in [6.45, 7) is 3.87.